The first kappa shape index (κ1) is 13.7. The Bertz CT molecular complexity index is 418. The number of carboxylic acid groups (broad SMARTS) is 1. The van der Waals surface area contributed by atoms with E-state index in [1.165, 1.54) is 5.75 Å². The number of thioether (sulfide) groups is 2. The van der Waals surface area contributed by atoms with E-state index in [-0.39, 0.29) is 11.2 Å². The molecule has 2 heterocycles. The van der Waals surface area contributed by atoms with E-state index < -0.39 is 11.9 Å². The van der Waals surface area contributed by atoms with Gasteiger partial charge in [0.05, 0.1) is 11.2 Å². The van der Waals surface area contributed by atoms with Crippen LogP contribution >= 0.6 is 23.5 Å². The highest BCUT2D eigenvalue weighted by Crippen LogP contribution is 2.36. The van der Waals surface area contributed by atoms with Gasteiger partial charge >= 0.3 is 5.97 Å². The van der Waals surface area contributed by atoms with E-state index in [2.05, 4.69) is 10.1 Å². The first-order chi connectivity index (χ1) is 8.59. The van der Waals surface area contributed by atoms with Gasteiger partial charge in [0, 0.05) is 23.2 Å². The molecule has 0 spiro atoms. The van der Waals surface area contributed by atoms with Crippen LogP contribution in [0.15, 0.2) is 4.52 Å². The zero-order chi connectivity index (χ0) is 13.1. The monoisotopic (exact) mass is 288 g/mol. The van der Waals surface area contributed by atoms with E-state index in [9.17, 15) is 4.79 Å². The van der Waals surface area contributed by atoms with Gasteiger partial charge in [-0.1, -0.05) is 19.0 Å². The van der Waals surface area contributed by atoms with Gasteiger partial charge in [0.15, 0.2) is 5.82 Å². The van der Waals surface area contributed by atoms with E-state index in [0.717, 1.165) is 11.5 Å². The maximum Gasteiger partial charge on any atom is 0.307 e. The first-order valence-corrected chi connectivity index (χ1v) is 8.05. The van der Waals surface area contributed by atoms with Crippen molar-refractivity contribution < 1.29 is 14.4 Å². The standard InChI is InChI=1S/C11H16N2O3S2/c1-6(7(2)11(14)15)10-12-9(13-16-10)8-5-17-3-4-18-8/h6-8H,3-5H2,1-2H3,(H,14,15). The number of hydrogen-bond acceptors (Lipinski definition) is 6. The van der Waals surface area contributed by atoms with Gasteiger partial charge in [0.2, 0.25) is 5.89 Å². The van der Waals surface area contributed by atoms with Crippen LogP contribution in [0.1, 0.15) is 36.7 Å². The Morgan fingerprint density at radius 1 is 1.50 bits per heavy atom. The summed E-state index contributed by atoms with van der Waals surface area (Å²) in [6.07, 6.45) is 0. The van der Waals surface area contributed by atoms with Crippen LogP contribution < -0.4 is 0 Å². The van der Waals surface area contributed by atoms with Gasteiger partial charge in [-0.25, -0.2) is 0 Å². The average Bonchev–Trinajstić information content (AvgIpc) is 2.87. The number of aliphatic carboxylic acids is 1. The molecule has 3 atom stereocenters. The Balaban J connectivity index is 2.07. The molecule has 5 nitrogen and oxygen atoms in total. The van der Waals surface area contributed by atoms with Gasteiger partial charge in [-0.3, -0.25) is 4.79 Å². The van der Waals surface area contributed by atoms with Gasteiger partial charge < -0.3 is 9.63 Å². The fourth-order valence-electron chi connectivity index (χ4n) is 1.63. The summed E-state index contributed by atoms with van der Waals surface area (Å²) in [4.78, 5) is 15.3. The molecule has 0 amide bonds. The van der Waals surface area contributed by atoms with E-state index in [1.807, 2.05) is 23.5 Å². The summed E-state index contributed by atoms with van der Waals surface area (Å²) in [6.45, 7) is 3.46. The van der Waals surface area contributed by atoms with Crippen molar-refractivity contribution >= 4 is 29.5 Å². The Morgan fingerprint density at radius 2 is 2.28 bits per heavy atom. The lowest BCUT2D eigenvalue weighted by Gasteiger charge is -2.17. The number of carboxylic acids is 1. The number of carbonyl (C=O) groups is 1. The van der Waals surface area contributed by atoms with E-state index in [1.54, 1.807) is 13.8 Å². The summed E-state index contributed by atoms with van der Waals surface area (Å²) in [5.74, 6) is 2.76. The Morgan fingerprint density at radius 3 is 2.89 bits per heavy atom. The molecule has 1 aromatic heterocycles. The SMILES string of the molecule is CC(C(=O)O)C(C)c1nc(C2CSCCS2)no1. The molecule has 1 fully saturated rings. The summed E-state index contributed by atoms with van der Waals surface area (Å²) in [5, 5.41) is 13.2. The third kappa shape index (κ3) is 3.00. The molecule has 3 unspecified atom stereocenters. The van der Waals surface area contributed by atoms with Crippen LogP contribution in [0.4, 0.5) is 0 Å². The lowest BCUT2D eigenvalue weighted by molar-refractivity contribution is -0.141. The van der Waals surface area contributed by atoms with Crippen molar-refractivity contribution in [1.29, 1.82) is 0 Å². The predicted molar refractivity (Wildman–Crippen MR) is 72.0 cm³/mol. The van der Waals surface area contributed by atoms with Gasteiger partial charge in [-0.2, -0.15) is 16.7 Å². The summed E-state index contributed by atoms with van der Waals surface area (Å²) in [7, 11) is 0. The maximum atomic E-state index is 10.9. The fraction of sp³-hybridized carbons (Fsp3) is 0.727. The van der Waals surface area contributed by atoms with Crippen molar-refractivity contribution in [2.24, 2.45) is 5.92 Å². The molecule has 0 radical (unpaired) electrons. The molecule has 1 saturated heterocycles. The fourth-order valence-corrected chi connectivity index (χ4v) is 4.22. The molecule has 1 aliphatic heterocycles. The Labute approximate surface area is 114 Å². The van der Waals surface area contributed by atoms with Crippen molar-refractivity contribution in [3.05, 3.63) is 11.7 Å². The molecule has 0 bridgehead atoms. The number of hydrogen-bond donors (Lipinski definition) is 1. The minimum atomic E-state index is -0.843. The molecule has 0 aliphatic carbocycles. The summed E-state index contributed by atoms with van der Waals surface area (Å²) in [5.41, 5.74) is 0. The zero-order valence-corrected chi connectivity index (χ0v) is 12.0. The van der Waals surface area contributed by atoms with Crippen LogP contribution in [0.25, 0.3) is 0 Å². The molecule has 7 heteroatoms. The number of aromatic nitrogens is 2. The highest BCUT2D eigenvalue weighted by atomic mass is 32.2. The topological polar surface area (TPSA) is 76.2 Å². The highest BCUT2D eigenvalue weighted by molar-refractivity contribution is 8.06. The van der Waals surface area contributed by atoms with Crippen molar-refractivity contribution in [3.8, 4) is 0 Å². The average molecular weight is 288 g/mol. The minimum Gasteiger partial charge on any atom is -0.481 e. The van der Waals surface area contributed by atoms with Crippen LogP contribution in [0, 0.1) is 5.92 Å². The third-order valence-electron chi connectivity index (χ3n) is 3.09. The lowest BCUT2D eigenvalue weighted by atomic mass is 9.96. The molecule has 0 aromatic carbocycles. The Hall–Kier alpha value is -0.690. The van der Waals surface area contributed by atoms with E-state index in [4.69, 9.17) is 9.63 Å². The molecule has 0 saturated carbocycles. The smallest absolute Gasteiger partial charge is 0.307 e. The largest absolute Gasteiger partial charge is 0.481 e. The van der Waals surface area contributed by atoms with Crippen molar-refractivity contribution in [3.63, 3.8) is 0 Å². The van der Waals surface area contributed by atoms with Gasteiger partial charge in [0.25, 0.3) is 0 Å². The van der Waals surface area contributed by atoms with Crippen LogP contribution in [-0.4, -0.2) is 38.5 Å². The summed E-state index contributed by atoms with van der Waals surface area (Å²) >= 11 is 3.72. The normalized spacial score (nSPS) is 23.6. The third-order valence-corrected chi connectivity index (χ3v) is 5.84. The number of rotatable bonds is 4. The summed E-state index contributed by atoms with van der Waals surface area (Å²) in [6, 6.07) is 0. The minimum absolute atomic E-state index is 0.259. The lowest BCUT2D eigenvalue weighted by Crippen LogP contribution is -2.17. The van der Waals surface area contributed by atoms with Crippen molar-refractivity contribution in [2.45, 2.75) is 25.0 Å². The van der Waals surface area contributed by atoms with Gasteiger partial charge in [0.1, 0.15) is 0 Å². The Kier molecular flexibility index (Phi) is 4.55. The van der Waals surface area contributed by atoms with Crippen LogP contribution in [-0.2, 0) is 4.79 Å². The van der Waals surface area contributed by atoms with E-state index in [0.29, 0.717) is 11.7 Å². The molecule has 18 heavy (non-hydrogen) atoms. The second-order valence-corrected chi connectivity index (χ2v) is 6.80. The highest BCUT2D eigenvalue weighted by Gasteiger charge is 2.28. The summed E-state index contributed by atoms with van der Waals surface area (Å²) < 4.78 is 5.20. The molecular weight excluding hydrogens is 272 g/mol. The predicted octanol–water partition coefficient (Wildman–Crippen LogP) is 2.41. The van der Waals surface area contributed by atoms with Crippen LogP contribution in [0.5, 0.6) is 0 Å². The van der Waals surface area contributed by atoms with Gasteiger partial charge in [-0.15, -0.1) is 11.8 Å². The first-order valence-electron chi connectivity index (χ1n) is 5.85. The van der Waals surface area contributed by atoms with Gasteiger partial charge in [-0.05, 0) is 0 Å². The molecule has 2 rings (SSSR count). The maximum absolute atomic E-state index is 10.9. The molecule has 1 aromatic rings. The molecule has 100 valence electrons. The van der Waals surface area contributed by atoms with E-state index >= 15 is 0 Å². The second-order valence-electron chi connectivity index (χ2n) is 4.34. The quantitative estimate of drug-likeness (QED) is 0.911. The zero-order valence-electron chi connectivity index (χ0n) is 10.3. The number of nitrogens with zero attached hydrogens (tertiary/aromatic N) is 2. The molecule has 1 N–H and O–H groups in total. The van der Waals surface area contributed by atoms with Crippen LogP contribution in [0.2, 0.25) is 0 Å². The van der Waals surface area contributed by atoms with Crippen molar-refractivity contribution in [1.82, 2.24) is 10.1 Å². The molecule has 1 aliphatic rings. The van der Waals surface area contributed by atoms with Crippen LogP contribution in [0.3, 0.4) is 0 Å². The van der Waals surface area contributed by atoms with Crippen molar-refractivity contribution in [2.75, 3.05) is 17.3 Å². The molecular formula is C11H16N2O3S2. The second kappa shape index (κ2) is 5.97.